The number of ether oxygens (including phenoxy) is 1. The third-order valence-corrected chi connectivity index (χ3v) is 6.07. The van der Waals surface area contributed by atoms with Crippen LogP contribution in [0.3, 0.4) is 0 Å². The van der Waals surface area contributed by atoms with E-state index in [0.717, 1.165) is 5.56 Å². The molecule has 0 aliphatic heterocycles. The van der Waals surface area contributed by atoms with Gasteiger partial charge in [-0.25, -0.2) is 8.42 Å². The second-order valence-corrected chi connectivity index (χ2v) is 8.88. The number of methoxy groups -OCH3 is 1. The highest BCUT2D eigenvalue weighted by molar-refractivity contribution is 7.92. The van der Waals surface area contributed by atoms with Crippen LogP contribution in [0.15, 0.2) is 77.7 Å². The van der Waals surface area contributed by atoms with Crippen LogP contribution in [0.4, 0.5) is 11.4 Å². The third kappa shape index (κ3) is 6.24. The van der Waals surface area contributed by atoms with Gasteiger partial charge in [0, 0.05) is 11.1 Å². The maximum Gasteiger partial charge on any atom is 0.261 e. The number of benzene rings is 3. The lowest BCUT2D eigenvalue weighted by Crippen LogP contribution is -2.14. The molecule has 0 aromatic heterocycles. The van der Waals surface area contributed by atoms with Crippen LogP contribution in [0, 0.1) is 0 Å². The lowest BCUT2D eigenvalue weighted by Gasteiger charge is -2.11. The van der Waals surface area contributed by atoms with Crippen molar-refractivity contribution in [3.8, 4) is 5.75 Å². The van der Waals surface area contributed by atoms with Crippen LogP contribution in [-0.2, 0) is 14.8 Å². The Morgan fingerprint density at radius 3 is 2.42 bits per heavy atom. The molecule has 0 fully saturated rings. The second-order valence-electron chi connectivity index (χ2n) is 6.35. The normalized spacial score (nSPS) is 11.3. The minimum Gasteiger partial charge on any atom is -0.497 e. The van der Waals surface area contributed by atoms with Crippen LogP contribution >= 0.6 is 23.2 Å². The van der Waals surface area contributed by atoms with Crippen molar-refractivity contribution in [2.24, 2.45) is 0 Å². The Kier molecular flexibility index (Phi) is 7.22. The van der Waals surface area contributed by atoms with Crippen LogP contribution in [-0.4, -0.2) is 21.4 Å². The summed E-state index contributed by atoms with van der Waals surface area (Å²) < 4.78 is 32.9. The average molecular weight is 477 g/mol. The van der Waals surface area contributed by atoms with Crippen LogP contribution in [0.25, 0.3) is 6.08 Å². The Labute approximate surface area is 190 Å². The highest BCUT2D eigenvalue weighted by atomic mass is 35.5. The zero-order chi connectivity index (χ0) is 22.4. The molecular weight excluding hydrogens is 459 g/mol. The van der Waals surface area contributed by atoms with E-state index in [9.17, 15) is 13.2 Å². The number of hydrogen-bond donors (Lipinski definition) is 2. The second kappa shape index (κ2) is 9.87. The van der Waals surface area contributed by atoms with Crippen LogP contribution in [0.5, 0.6) is 5.75 Å². The molecule has 31 heavy (non-hydrogen) atoms. The van der Waals surface area contributed by atoms with Gasteiger partial charge in [-0.15, -0.1) is 0 Å². The van der Waals surface area contributed by atoms with Crippen molar-refractivity contribution in [1.29, 1.82) is 0 Å². The van der Waals surface area contributed by atoms with Gasteiger partial charge in [-0.1, -0.05) is 41.4 Å². The molecule has 3 aromatic carbocycles. The summed E-state index contributed by atoms with van der Waals surface area (Å²) in [7, 11) is -2.35. The van der Waals surface area contributed by atoms with Crippen molar-refractivity contribution >= 4 is 56.6 Å². The maximum atomic E-state index is 12.7. The lowest BCUT2D eigenvalue weighted by atomic mass is 10.2. The van der Waals surface area contributed by atoms with Crippen molar-refractivity contribution < 1.29 is 17.9 Å². The number of nitrogens with one attached hydrogen (secondary N) is 2. The van der Waals surface area contributed by atoms with Crippen molar-refractivity contribution in [2.75, 3.05) is 17.1 Å². The maximum absolute atomic E-state index is 12.7. The molecule has 160 valence electrons. The predicted molar refractivity (Wildman–Crippen MR) is 124 cm³/mol. The zero-order valence-electron chi connectivity index (χ0n) is 16.3. The molecule has 2 N–H and O–H groups in total. The van der Waals surface area contributed by atoms with Gasteiger partial charge in [-0.2, -0.15) is 0 Å². The molecular formula is C22H18Cl2N2O4S. The molecule has 0 aliphatic rings. The van der Waals surface area contributed by atoms with E-state index in [1.54, 1.807) is 55.7 Å². The number of carbonyl (C=O) groups is 1. The Balaban J connectivity index is 1.75. The molecule has 0 unspecified atom stereocenters. The van der Waals surface area contributed by atoms with Gasteiger partial charge in [0.1, 0.15) is 5.75 Å². The predicted octanol–water partition coefficient (Wildman–Crippen LogP) is 5.45. The molecule has 0 heterocycles. The first-order chi connectivity index (χ1) is 14.8. The smallest absolute Gasteiger partial charge is 0.261 e. The molecule has 0 spiro atoms. The van der Waals surface area contributed by atoms with Gasteiger partial charge >= 0.3 is 0 Å². The minimum absolute atomic E-state index is 0.0636. The van der Waals surface area contributed by atoms with Crippen molar-refractivity contribution in [3.63, 3.8) is 0 Å². The van der Waals surface area contributed by atoms with E-state index in [4.69, 9.17) is 27.9 Å². The summed E-state index contributed by atoms with van der Waals surface area (Å²) in [6.07, 6.45) is 2.94. The molecule has 0 saturated carbocycles. The van der Waals surface area contributed by atoms with Gasteiger partial charge in [0.05, 0.1) is 28.4 Å². The van der Waals surface area contributed by atoms with Crippen molar-refractivity contribution in [3.05, 3.63) is 88.4 Å². The quantitative estimate of drug-likeness (QED) is 0.443. The number of anilines is 2. The molecule has 0 saturated heterocycles. The number of halogens is 2. The van der Waals surface area contributed by atoms with Crippen molar-refractivity contribution in [1.82, 2.24) is 0 Å². The summed E-state index contributed by atoms with van der Waals surface area (Å²) in [6.45, 7) is 0. The summed E-state index contributed by atoms with van der Waals surface area (Å²) in [5.74, 6) is 0.243. The molecule has 3 rings (SSSR count). The van der Waals surface area contributed by atoms with Crippen LogP contribution < -0.4 is 14.8 Å². The van der Waals surface area contributed by atoms with E-state index in [1.165, 1.54) is 30.3 Å². The van der Waals surface area contributed by atoms with Gasteiger partial charge in [-0.3, -0.25) is 9.52 Å². The summed E-state index contributed by atoms with van der Waals surface area (Å²) in [4.78, 5) is 12.2. The van der Waals surface area contributed by atoms with E-state index in [1.807, 2.05) is 0 Å². The molecule has 3 aromatic rings. The first-order valence-electron chi connectivity index (χ1n) is 8.98. The molecule has 0 atom stereocenters. The highest BCUT2D eigenvalue weighted by Gasteiger charge is 2.17. The topological polar surface area (TPSA) is 84.5 Å². The molecule has 0 aliphatic carbocycles. The number of amides is 1. The van der Waals surface area contributed by atoms with E-state index < -0.39 is 15.9 Å². The molecule has 9 heteroatoms. The van der Waals surface area contributed by atoms with Crippen LogP contribution in [0.2, 0.25) is 10.0 Å². The van der Waals surface area contributed by atoms with Crippen LogP contribution in [0.1, 0.15) is 5.56 Å². The zero-order valence-corrected chi connectivity index (χ0v) is 18.6. The number of hydrogen-bond acceptors (Lipinski definition) is 4. The minimum atomic E-state index is -3.92. The molecule has 1 amide bonds. The largest absolute Gasteiger partial charge is 0.497 e. The van der Waals surface area contributed by atoms with Gasteiger partial charge < -0.3 is 10.1 Å². The van der Waals surface area contributed by atoms with Crippen molar-refractivity contribution in [2.45, 2.75) is 4.90 Å². The molecule has 0 bridgehead atoms. The fraction of sp³-hybridized carbons (Fsp3) is 0.0455. The van der Waals surface area contributed by atoms with Gasteiger partial charge in [-0.05, 0) is 60.2 Å². The summed E-state index contributed by atoms with van der Waals surface area (Å²) in [5.41, 5.74) is 1.28. The van der Waals surface area contributed by atoms with E-state index in [2.05, 4.69) is 10.0 Å². The molecule has 6 nitrogen and oxygen atoms in total. The van der Waals surface area contributed by atoms with Gasteiger partial charge in [0.25, 0.3) is 10.0 Å². The first-order valence-corrected chi connectivity index (χ1v) is 11.2. The third-order valence-electron chi connectivity index (χ3n) is 4.13. The first kappa shape index (κ1) is 22.7. The summed E-state index contributed by atoms with van der Waals surface area (Å²) in [6, 6.07) is 17.5. The fourth-order valence-electron chi connectivity index (χ4n) is 2.59. The number of sulfonamides is 1. The Bertz CT molecular complexity index is 1230. The molecule has 0 radical (unpaired) electrons. The fourth-order valence-corrected chi connectivity index (χ4v) is 4.03. The standard InChI is InChI=1S/C22H18Cl2N2O4S/c1-30-18-8-5-15(6-9-18)7-12-22(27)25-21-14-19(10-11-20(21)24)31(28,29)26-17-4-2-3-16(23)13-17/h2-14,26H,1H3,(H,25,27)/b12-7+. The van der Waals surface area contributed by atoms with E-state index in [-0.39, 0.29) is 15.6 Å². The highest BCUT2D eigenvalue weighted by Crippen LogP contribution is 2.27. The number of rotatable bonds is 7. The SMILES string of the molecule is COc1ccc(/C=C/C(=O)Nc2cc(S(=O)(=O)Nc3cccc(Cl)c3)ccc2Cl)cc1. The Hall–Kier alpha value is -3.00. The summed E-state index contributed by atoms with van der Waals surface area (Å²) in [5, 5.41) is 3.19. The van der Waals surface area contributed by atoms with Gasteiger partial charge in [0.15, 0.2) is 0 Å². The number of carbonyl (C=O) groups excluding carboxylic acids is 1. The van der Waals surface area contributed by atoms with E-state index in [0.29, 0.717) is 16.5 Å². The Morgan fingerprint density at radius 2 is 1.74 bits per heavy atom. The van der Waals surface area contributed by atoms with Gasteiger partial charge in [0.2, 0.25) is 5.91 Å². The Morgan fingerprint density at radius 1 is 1.00 bits per heavy atom. The summed E-state index contributed by atoms with van der Waals surface area (Å²) >= 11 is 12.0. The lowest BCUT2D eigenvalue weighted by molar-refractivity contribution is -0.111. The van der Waals surface area contributed by atoms with E-state index >= 15 is 0 Å². The monoisotopic (exact) mass is 476 g/mol. The average Bonchev–Trinajstić information content (AvgIpc) is 2.74.